The zero-order chi connectivity index (χ0) is 15.9. The molecule has 1 N–H and O–H groups in total. The normalized spacial score (nSPS) is 11.7. The SMILES string of the molecule is CC/C=C(/C)COc1nn(-c2ccccc2)c(CNC)c1C. The summed E-state index contributed by atoms with van der Waals surface area (Å²) in [6.45, 7) is 7.61. The Hall–Kier alpha value is -2.07. The highest BCUT2D eigenvalue weighted by Crippen LogP contribution is 2.24. The lowest BCUT2D eigenvalue weighted by molar-refractivity contribution is 0.333. The standard InChI is InChI=1S/C18H25N3O/c1-5-9-14(2)13-22-18-15(3)17(12-19-4)21(20-18)16-10-7-6-8-11-16/h6-11,19H,5,12-13H2,1-4H3/b14-9-. The summed E-state index contributed by atoms with van der Waals surface area (Å²) >= 11 is 0. The summed E-state index contributed by atoms with van der Waals surface area (Å²) in [5.74, 6) is 0.706. The molecule has 2 aromatic rings. The van der Waals surface area contributed by atoms with Crippen molar-refractivity contribution in [2.24, 2.45) is 0 Å². The van der Waals surface area contributed by atoms with E-state index in [9.17, 15) is 0 Å². The van der Waals surface area contributed by atoms with Gasteiger partial charge in [-0.1, -0.05) is 31.2 Å². The molecule has 0 amide bonds. The Labute approximate surface area is 132 Å². The molecule has 2 rings (SSSR count). The van der Waals surface area contributed by atoms with E-state index in [2.05, 4.69) is 49.4 Å². The number of hydrogen-bond acceptors (Lipinski definition) is 3. The molecule has 22 heavy (non-hydrogen) atoms. The van der Waals surface area contributed by atoms with Gasteiger partial charge in [-0.25, -0.2) is 4.68 Å². The van der Waals surface area contributed by atoms with E-state index in [-0.39, 0.29) is 0 Å². The van der Waals surface area contributed by atoms with Crippen molar-refractivity contribution >= 4 is 0 Å². The van der Waals surface area contributed by atoms with Crippen molar-refractivity contribution in [3.63, 3.8) is 0 Å². The first-order chi connectivity index (χ1) is 10.7. The first-order valence-corrected chi connectivity index (χ1v) is 7.74. The van der Waals surface area contributed by atoms with Crippen LogP contribution in [-0.4, -0.2) is 23.4 Å². The molecular formula is C18H25N3O. The van der Waals surface area contributed by atoms with Crippen LogP contribution >= 0.6 is 0 Å². The summed E-state index contributed by atoms with van der Waals surface area (Å²) in [4.78, 5) is 0. The molecule has 0 saturated heterocycles. The van der Waals surface area contributed by atoms with Crippen molar-refractivity contribution in [3.8, 4) is 11.6 Å². The van der Waals surface area contributed by atoms with Crippen LogP contribution in [0.15, 0.2) is 42.0 Å². The van der Waals surface area contributed by atoms with Crippen LogP contribution in [0.3, 0.4) is 0 Å². The Balaban J connectivity index is 2.30. The molecule has 0 saturated carbocycles. The third kappa shape index (κ3) is 3.77. The van der Waals surface area contributed by atoms with Crippen molar-refractivity contribution in [1.82, 2.24) is 15.1 Å². The topological polar surface area (TPSA) is 39.1 Å². The molecule has 4 nitrogen and oxygen atoms in total. The number of para-hydroxylation sites is 1. The maximum atomic E-state index is 5.91. The van der Waals surface area contributed by atoms with Crippen molar-refractivity contribution in [3.05, 3.63) is 53.2 Å². The number of hydrogen-bond donors (Lipinski definition) is 1. The van der Waals surface area contributed by atoms with Crippen LogP contribution in [0.25, 0.3) is 5.69 Å². The number of rotatable bonds is 7. The molecule has 0 fully saturated rings. The molecule has 0 aliphatic carbocycles. The number of nitrogens with one attached hydrogen (secondary N) is 1. The minimum Gasteiger partial charge on any atom is -0.472 e. The fourth-order valence-electron chi connectivity index (χ4n) is 2.39. The van der Waals surface area contributed by atoms with E-state index in [1.807, 2.05) is 29.9 Å². The van der Waals surface area contributed by atoms with Crippen molar-refractivity contribution < 1.29 is 4.74 Å². The predicted molar refractivity (Wildman–Crippen MR) is 90.6 cm³/mol. The van der Waals surface area contributed by atoms with Gasteiger partial charge in [0.15, 0.2) is 0 Å². The van der Waals surface area contributed by atoms with Gasteiger partial charge in [0.1, 0.15) is 6.61 Å². The molecule has 1 aromatic heterocycles. The van der Waals surface area contributed by atoms with Gasteiger partial charge in [0.2, 0.25) is 5.88 Å². The largest absolute Gasteiger partial charge is 0.472 e. The third-order valence-electron chi connectivity index (χ3n) is 3.53. The van der Waals surface area contributed by atoms with Crippen LogP contribution < -0.4 is 10.1 Å². The second kappa shape index (κ2) is 7.80. The fraction of sp³-hybridized carbons (Fsp3) is 0.389. The van der Waals surface area contributed by atoms with E-state index in [0.29, 0.717) is 12.5 Å². The number of nitrogens with zero attached hydrogens (tertiary/aromatic N) is 2. The highest BCUT2D eigenvalue weighted by Gasteiger charge is 2.16. The van der Waals surface area contributed by atoms with E-state index in [4.69, 9.17) is 4.74 Å². The summed E-state index contributed by atoms with van der Waals surface area (Å²) in [5, 5.41) is 7.86. The van der Waals surface area contributed by atoms with E-state index in [1.165, 1.54) is 5.57 Å². The average Bonchev–Trinajstić information content (AvgIpc) is 2.84. The monoisotopic (exact) mass is 299 g/mol. The highest BCUT2D eigenvalue weighted by molar-refractivity contribution is 5.39. The van der Waals surface area contributed by atoms with E-state index in [0.717, 1.165) is 29.9 Å². The van der Waals surface area contributed by atoms with Gasteiger partial charge in [-0.3, -0.25) is 0 Å². The molecule has 0 unspecified atom stereocenters. The van der Waals surface area contributed by atoms with Gasteiger partial charge in [-0.2, -0.15) is 0 Å². The van der Waals surface area contributed by atoms with Crippen molar-refractivity contribution in [1.29, 1.82) is 0 Å². The van der Waals surface area contributed by atoms with Crippen LogP contribution in [-0.2, 0) is 6.54 Å². The molecular weight excluding hydrogens is 274 g/mol. The molecule has 0 atom stereocenters. The van der Waals surface area contributed by atoms with Crippen LogP contribution in [0, 0.1) is 6.92 Å². The molecule has 0 spiro atoms. The zero-order valence-corrected chi connectivity index (χ0v) is 13.9. The van der Waals surface area contributed by atoms with Gasteiger partial charge in [0.25, 0.3) is 0 Å². The summed E-state index contributed by atoms with van der Waals surface area (Å²) < 4.78 is 7.87. The van der Waals surface area contributed by atoms with Gasteiger partial charge in [-0.05, 0) is 45.0 Å². The van der Waals surface area contributed by atoms with Crippen LogP contribution in [0.4, 0.5) is 0 Å². The molecule has 1 heterocycles. The Kier molecular flexibility index (Phi) is 5.78. The molecule has 0 bridgehead atoms. The number of allylic oxidation sites excluding steroid dienone is 1. The van der Waals surface area contributed by atoms with Gasteiger partial charge < -0.3 is 10.1 Å². The number of ether oxygens (including phenoxy) is 1. The van der Waals surface area contributed by atoms with Crippen LogP contribution in [0.1, 0.15) is 31.5 Å². The quantitative estimate of drug-likeness (QED) is 0.793. The van der Waals surface area contributed by atoms with Crippen LogP contribution in [0.5, 0.6) is 5.88 Å². The maximum Gasteiger partial charge on any atom is 0.236 e. The maximum absolute atomic E-state index is 5.91. The fourth-order valence-corrected chi connectivity index (χ4v) is 2.39. The van der Waals surface area contributed by atoms with Gasteiger partial charge in [0, 0.05) is 12.1 Å². The van der Waals surface area contributed by atoms with Crippen LogP contribution in [0.2, 0.25) is 0 Å². The Morgan fingerprint density at radius 3 is 2.68 bits per heavy atom. The smallest absolute Gasteiger partial charge is 0.236 e. The van der Waals surface area contributed by atoms with E-state index < -0.39 is 0 Å². The second-order valence-electron chi connectivity index (χ2n) is 5.40. The summed E-state index contributed by atoms with van der Waals surface area (Å²) in [6.07, 6.45) is 3.20. The summed E-state index contributed by atoms with van der Waals surface area (Å²) in [5.41, 5.74) is 4.49. The van der Waals surface area contributed by atoms with Crippen molar-refractivity contribution in [2.75, 3.05) is 13.7 Å². The van der Waals surface area contributed by atoms with Crippen molar-refractivity contribution in [2.45, 2.75) is 33.7 Å². The number of benzene rings is 1. The first kappa shape index (κ1) is 16.3. The van der Waals surface area contributed by atoms with Gasteiger partial charge in [0.05, 0.1) is 11.4 Å². The molecule has 118 valence electrons. The summed E-state index contributed by atoms with van der Waals surface area (Å²) in [7, 11) is 1.94. The Bertz CT molecular complexity index is 629. The lowest BCUT2D eigenvalue weighted by Crippen LogP contribution is -2.11. The van der Waals surface area contributed by atoms with E-state index in [1.54, 1.807) is 0 Å². The second-order valence-corrected chi connectivity index (χ2v) is 5.40. The van der Waals surface area contributed by atoms with Gasteiger partial charge in [-0.15, -0.1) is 5.10 Å². The number of aromatic nitrogens is 2. The molecule has 0 radical (unpaired) electrons. The molecule has 0 aliphatic heterocycles. The Morgan fingerprint density at radius 1 is 1.32 bits per heavy atom. The lowest BCUT2D eigenvalue weighted by atomic mass is 10.2. The first-order valence-electron chi connectivity index (χ1n) is 7.74. The van der Waals surface area contributed by atoms with Gasteiger partial charge >= 0.3 is 0 Å². The lowest BCUT2D eigenvalue weighted by Gasteiger charge is -2.07. The zero-order valence-electron chi connectivity index (χ0n) is 13.9. The summed E-state index contributed by atoms with van der Waals surface area (Å²) in [6, 6.07) is 10.2. The minimum absolute atomic E-state index is 0.583. The van der Waals surface area contributed by atoms with E-state index >= 15 is 0 Å². The minimum atomic E-state index is 0.583. The molecule has 0 aliphatic rings. The predicted octanol–water partition coefficient (Wildman–Crippen LogP) is 3.64. The Morgan fingerprint density at radius 2 is 2.05 bits per heavy atom. The highest BCUT2D eigenvalue weighted by atomic mass is 16.5. The molecule has 4 heteroatoms. The average molecular weight is 299 g/mol. The third-order valence-corrected chi connectivity index (χ3v) is 3.53. The molecule has 1 aromatic carbocycles.